The molecule has 16 heavy (non-hydrogen) atoms. The quantitative estimate of drug-likeness (QED) is 0.546. The van der Waals surface area contributed by atoms with Crippen LogP contribution in [0.2, 0.25) is 0 Å². The molecule has 0 aliphatic heterocycles. The molecule has 0 saturated carbocycles. The summed E-state index contributed by atoms with van der Waals surface area (Å²) in [5.74, 6) is 1.42. The summed E-state index contributed by atoms with van der Waals surface area (Å²) in [7, 11) is 1.66. The van der Waals surface area contributed by atoms with Crippen LogP contribution in [0.1, 0.15) is 6.42 Å². The van der Waals surface area contributed by atoms with Gasteiger partial charge < -0.3 is 15.2 Å². The number of nitrogens with two attached hydrogens (primary N) is 1. The Morgan fingerprint density at radius 1 is 1.25 bits per heavy atom. The summed E-state index contributed by atoms with van der Waals surface area (Å²) in [4.78, 5) is 8.11. The van der Waals surface area contributed by atoms with E-state index >= 15 is 0 Å². The lowest BCUT2D eigenvalue weighted by Crippen LogP contribution is -2.03. The van der Waals surface area contributed by atoms with Crippen molar-refractivity contribution in [2.75, 3.05) is 38.4 Å². The molecule has 1 rings (SSSR count). The maximum Gasteiger partial charge on any atom is 0.156 e. The molecule has 5 nitrogen and oxygen atoms in total. The molecular weight excluding hydrogens is 226 g/mol. The number of ether oxygens (including phenoxy) is 2. The van der Waals surface area contributed by atoms with Gasteiger partial charge in [0.2, 0.25) is 0 Å². The van der Waals surface area contributed by atoms with Crippen LogP contribution < -0.4 is 5.73 Å². The fraction of sp³-hybridized carbons (Fsp3) is 0.600. The number of methoxy groups -OCH3 is 1. The number of nitrogen functional groups attached to an aromatic ring is 1. The van der Waals surface area contributed by atoms with Gasteiger partial charge in [0.25, 0.3) is 0 Å². The molecule has 0 aromatic carbocycles. The van der Waals surface area contributed by atoms with Crippen molar-refractivity contribution < 1.29 is 9.47 Å². The highest BCUT2D eigenvalue weighted by Crippen LogP contribution is 2.19. The Labute approximate surface area is 99.8 Å². The Hall–Kier alpha value is -0.850. The second kappa shape index (κ2) is 8.32. The molecule has 1 aromatic rings. The predicted molar refractivity (Wildman–Crippen MR) is 64.5 cm³/mol. The lowest BCUT2D eigenvalue weighted by atomic mass is 10.5. The third-order valence-corrected chi connectivity index (χ3v) is 2.88. The van der Waals surface area contributed by atoms with Crippen LogP contribution in [0, 0.1) is 0 Å². The molecule has 90 valence electrons. The smallest absolute Gasteiger partial charge is 0.156 e. The van der Waals surface area contributed by atoms with Gasteiger partial charge in [-0.05, 0) is 6.42 Å². The molecule has 0 aliphatic rings. The molecule has 0 aliphatic carbocycles. The van der Waals surface area contributed by atoms with E-state index in [2.05, 4.69) is 9.97 Å². The second-order valence-electron chi connectivity index (χ2n) is 3.05. The number of nitrogens with zero attached hydrogens (tertiary/aromatic N) is 2. The molecule has 0 unspecified atom stereocenters. The number of hydrogen-bond donors (Lipinski definition) is 1. The predicted octanol–water partition coefficient (Wildman–Crippen LogP) is 1.20. The summed E-state index contributed by atoms with van der Waals surface area (Å²) < 4.78 is 10.2. The van der Waals surface area contributed by atoms with Crippen molar-refractivity contribution in [1.29, 1.82) is 0 Å². The van der Waals surface area contributed by atoms with Crippen molar-refractivity contribution in [3.8, 4) is 0 Å². The molecule has 0 fully saturated rings. The first-order chi connectivity index (χ1) is 7.84. The van der Waals surface area contributed by atoms with E-state index in [1.165, 1.54) is 0 Å². The van der Waals surface area contributed by atoms with Crippen LogP contribution in [0.25, 0.3) is 0 Å². The topological polar surface area (TPSA) is 70.3 Å². The van der Waals surface area contributed by atoms with Crippen molar-refractivity contribution in [2.24, 2.45) is 0 Å². The van der Waals surface area contributed by atoms with Crippen molar-refractivity contribution in [3.05, 3.63) is 12.4 Å². The van der Waals surface area contributed by atoms with E-state index in [-0.39, 0.29) is 0 Å². The number of aromatic nitrogens is 2. The van der Waals surface area contributed by atoms with E-state index in [1.54, 1.807) is 31.3 Å². The van der Waals surface area contributed by atoms with E-state index in [4.69, 9.17) is 15.2 Å². The van der Waals surface area contributed by atoms with E-state index in [9.17, 15) is 0 Å². The number of thioether (sulfide) groups is 1. The van der Waals surface area contributed by atoms with E-state index in [0.29, 0.717) is 19.0 Å². The Morgan fingerprint density at radius 3 is 2.81 bits per heavy atom. The van der Waals surface area contributed by atoms with Crippen LogP contribution in [0.4, 0.5) is 5.82 Å². The maximum absolute atomic E-state index is 5.66. The minimum atomic E-state index is 0.493. The highest BCUT2D eigenvalue weighted by atomic mass is 32.2. The molecule has 0 saturated heterocycles. The SMILES string of the molecule is COCCOCCCSc1nccnc1N. The fourth-order valence-corrected chi connectivity index (χ4v) is 1.81. The molecule has 2 N–H and O–H groups in total. The summed E-state index contributed by atoms with van der Waals surface area (Å²) in [5.41, 5.74) is 5.66. The van der Waals surface area contributed by atoms with Crippen molar-refractivity contribution >= 4 is 17.6 Å². The molecule has 6 heteroatoms. The lowest BCUT2D eigenvalue weighted by molar-refractivity contribution is 0.0713. The highest BCUT2D eigenvalue weighted by molar-refractivity contribution is 7.99. The molecule has 0 radical (unpaired) electrons. The molecule has 0 bridgehead atoms. The Morgan fingerprint density at radius 2 is 2.06 bits per heavy atom. The van der Waals surface area contributed by atoms with Gasteiger partial charge in [0.05, 0.1) is 13.2 Å². The van der Waals surface area contributed by atoms with Gasteiger partial charge >= 0.3 is 0 Å². The lowest BCUT2D eigenvalue weighted by Gasteiger charge is -2.04. The van der Waals surface area contributed by atoms with Gasteiger partial charge in [-0.15, -0.1) is 11.8 Å². The van der Waals surface area contributed by atoms with Gasteiger partial charge in [0.15, 0.2) is 5.82 Å². The van der Waals surface area contributed by atoms with Gasteiger partial charge in [-0.3, -0.25) is 0 Å². The van der Waals surface area contributed by atoms with Gasteiger partial charge in [0, 0.05) is 31.9 Å². The van der Waals surface area contributed by atoms with Crippen LogP contribution in [-0.2, 0) is 9.47 Å². The summed E-state index contributed by atoms with van der Waals surface area (Å²) in [6.45, 7) is 2.02. The molecule has 1 aromatic heterocycles. The third kappa shape index (κ3) is 5.29. The molecule has 0 atom stereocenters. The number of anilines is 1. The van der Waals surface area contributed by atoms with E-state index < -0.39 is 0 Å². The average molecular weight is 243 g/mol. The van der Waals surface area contributed by atoms with Crippen LogP contribution in [0.5, 0.6) is 0 Å². The normalized spacial score (nSPS) is 10.6. The molecule has 1 heterocycles. The van der Waals surface area contributed by atoms with Gasteiger partial charge in [-0.2, -0.15) is 0 Å². The zero-order chi connectivity index (χ0) is 11.6. The summed E-state index contributed by atoms with van der Waals surface area (Å²) in [6.07, 6.45) is 4.20. The van der Waals surface area contributed by atoms with Gasteiger partial charge in [0.1, 0.15) is 5.03 Å². The monoisotopic (exact) mass is 243 g/mol. The molecule has 0 amide bonds. The zero-order valence-corrected chi connectivity index (χ0v) is 10.2. The Bertz CT molecular complexity index is 299. The maximum atomic E-state index is 5.66. The van der Waals surface area contributed by atoms with Crippen LogP contribution >= 0.6 is 11.8 Å². The first kappa shape index (κ1) is 13.2. The number of rotatable bonds is 8. The average Bonchev–Trinajstić information content (AvgIpc) is 2.30. The van der Waals surface area contributed by atoms with Crippen LogP contribution in [0.3, 0.4) is 0 Å². The fourth-order valence-electron chi connectivity index (χ4n) is 1.02. The first-order valence-electron chi connectivity index (χ1n) is 5.10. The van der Waals surface area contributed by atoms with Gasteiger partial charge in [-0.25, -0.2) is 9.97 Å². The third-order valence-electron chi connectivity index (χ3n) is 1.79. The first-order valence-corrected chi connectivity index (χ1v) is 6.09. The summed E-state index contributed by atoms with van der Waals surface area (Å²) in [6, 6.07) is 0. The molecule has 0 spiro atoms. The zero-order valence-electron chi connectivity index (χ0n) is 9.39. The standard InChI is InChI=1S/C10H17N3O2S/c1-14-6-7-15-5-2-8-16-10-9(11)12-3-4-13-10/h3-4H,2,5-8H2,1H3,(H2,11,12). The highest BCUT2D eigenvalue weighted by Gasteiger charge is 2.00. The Kier molecular flexibility index (Phi) is 6.87. The number of hydrogen-bond acceptors (Lipinski definition) is 6. The van der Waals surface area contributed by atoms with Crippen molar-refractivity contribution in [3.63, 3.8) is 0 Å². The minimum absolute atomic E-state index is 0.493. The van der Waals surface area contributed by atoms with E-state index in [0.717, 1.165) is 23.8 Å². The van der Waals surface area contributed by atoms with E-state index in [1.807, 2.05) is 0 Å². The summed E-state index contributed by atoms with van der Waals surface area (Å²) in [5, 5.41) is 0.791. The van der Waals surface area contributed by atoms with Crippen LogP contribution in [0.15, 0.2) is 17.4 Å². The Balaban J connectivity index is 2.05. The summed E-state index contributed by atoms with van der Waals surface area (Å²) >= 11 is 1.60. The minimum Gasteiger partial charge on any atom is -0.382 e. The van der Waals surface area contributed by atoms with Gasteiger partial charge in [-0.1, -0.05) is 0 Å². The van der Waals surface area contributed by atoms with Crippen molar-refractivity contribution in [1.82, 2.24) is 9.97 Å². The van der Waals surface area contributed by atoms with Crippen molar-refractivity contribution in [2.45, 2.75) is 11.4 Å². The van der Waals surface area contributed by atoms with Crippen LogP contribution in [-0.4, -0.2) is 42.7 Å². The molecular formula is C10H17N3O2S. The second-order valence-corrected chi connectivity index (χ2v) is 4.14. The largest absolute Gasteiger partial charge is 0.382 e.